The van der Waals surface area contributed by atoms with Gasteiger partial charge in [0, 0.05) is 6.20 Å². The van der Waals surface area contributed by atoms with Gasteiger partial charge in [0.05, 0.1) is 11.1 Å². The molecule has 0 aliphatic rings. The molecule has 2 N–H and O–H groups in total. The van der Waals surface area contributed by atoms with Crippen LogP contribution >= 0.6 is 0 Å². The Balaban J connectivity index is 1.88. The van der Waals surface area contributed by atoms with Gasteiger partial charge >= 0.3 is 0 Å². The van der Waals surface area contributed by atoms with Gasteiger partial charge < -0.3 is 10.3 Å². The summed E-state index contributed by atoms with van der Waals surface area (Å²) in [6.07, 6.45) is 6.72. The molecule has 26 heavy (non-hydrogen) atoms. The normalized spacial score (nSPS) is 11.4. The van der Waals surface area contributed by atoms with E-state index in [0.29, 0.717) is 16.9 Å². The van der Waals surface area contributed by atoms with Gasteiger partial charge in [-0.05, 0) is 57.5 Å². The molecule has 5 nitrogen and oxygen atoms in total. The molecule has 3 rings (SSSR count). The lowest BCUT2D eigenvalue weighted by Gasteiger charge is -2.04. The van der Waals surface area contributed by atoms with Crippen LogP contribution in [0.2, 0.25) is 0 Å². The largest absolute Gasteiger partial charge is 0.338 e. The molecule has 2 aromatic heterocycles. The SMILES string of the molecule is CC(C)=CC/C(C)=C/c1nc2c(C(=O)Nc3ccccn3)cccc2[nH]1. The van der Waals surface area contributed by atoms with Gasteiger partial charge in [-0.15, -0.1) is 0 Å². The molecule has 0 unspecified atom stereocenters. The number of nitrogens with zero attached hydrogens (tertiary/aromatic N) is 2. The number of imidazole rings is 1. The number of nitrogens with one attached hydrogen (secondary N) is 2. The molecular formula is C21H22N4O. The fourth-order valence-corrected chi connectivity index (χ4v) is 2.58. The standard InChI is InChI=1S/C21H22N4O/c1-14(2)10-11-15(3)13-19-23-17-8-6-7-16(20(17)24-19)21(26)25-18-9-4-5-12-22-18/h4-10,12-13H,11H2,1-3H3,(H,23,24)(H,22,25,26)/b15-13+. The number of H-pyrrole nitrogens is 1. The molecule has 2 heterocycles. The highest BCUT2D eigenvalue weighted by atomic mass is 16.1. The van der Waals surface area contributed by atoms with Crippen molar-refractivity contribution in [2.45, 2.75) is 27.2 Å². The summed E-state index contributed by atoms with van der Waals surface area (Å²) >= 11 is 0. The first kappa shape index (κ1) is 17.6. The molecule has 3 aromatic rings. The average molecular weight is 346 g/mol. The monoisotopic (exact) mass is 346 g/mol. The molecule has 0 aliphatic heterocycles. The third-order valence-corrected chi connectivity index (χ3v) is 3.90. The van der Waals surface area contributed by atoms with Gasteiger partial charge in [0.25, 0.3) is 5.91 Å². The first-order valence-corrected chi connectivity index (χ1v) is 8.54. The summed E-state index contributed by atoms with van der Waals surface area (Å²) in [5.74, 6) is 1.04. The lowest BCUT2D eigenvalue weighted by molar-refractivity contribution is 0.102. The van der Waals surface area contributed by atoms with Crippen LogP contribution in [0.4, 0.5) is 5.82 Å². The number of amides is 1. The minimum Gasteiger partial charge on any atom is -0.338 e. The zero-order valence-electron chi connectivity index (χ0n) is 15.2. The summed E-state index contributed by atoms with van der Waals surface area (Å²) in [6.45, 7) is 6.24. The summed E-state index contributed by atoms with van der Waals surface area (Å²) < 4.78 is 0. The van der Waals surface area contributed by atoms with Crippen molar-refractivity contribution < 1.29 is 4.79 Å². The van der Waals surface area contributed by atoms with Gasteiger partial charge in [0.2, 0.25) is 0 Å². The first-order chi connectivity index (χ1) is 12.5. The van der Waals surface area contributed by atoms with E-state index in [4.69, 9.17) is 0 Å². The number of hydrogen-bond donors (Lipinski definition) is 2. The second-order valence-corrected chi connectivity index (χ2v) is 6.47. The van der Waals surface area contributed by atoms with Crippen molar-refractivity contribution in [3.8, 4) is 0 Å². The van der Waals surface area contributed by atoms with Gasteiger partial charge in [-0.1, -0.05) is 29.4 Å². The van der Waals surface area contributed by atoms with Crippen LogP contribution in [0.15, 0.2) is 59.8 Å². The zero-order chi connectivity index (χ0) is 18.5. The van der Waals surface area contributed by atoms with Crippen molar-refractivity contribution in [2.75, 3.05) is 5.32 Å². The molecule has 0 aliphatic carbocycles. The molecule has 0 spiro atoms. The quantitative estimate of drug-likeness (QED) is 0.641. The summed E-state index contributed by atoms with van der Waals surface area (Å²) in [7, 11) is 0. The topological polar surface area (TPSA) is 70.7 Å². The predicted octanol–water partition coefficient (Wildman–Crippen LogP) is 4.97. The van der Waals surface area contributed by atoms with Crippen molar-refractivity contribution in [2.24, 2.45) is 0 Å². The van der Waals surface area contributed by atoms with E-state index < -0.39 is 0 Å². The van der Waals surface area contributed by atoms with Crippen molar-refractivity contribution >= 4 is 28.8 Å². The van der Waals surface area contributed by atoms with Crippen LogP contribution in [0.3, 0.4) is 0 Å². The number of anilines is 1. The predicted molar refractivity (Wildman–Crippen MR) is 106 cm³/mol. The maximum absolute atomic E-state index is 12.6. The summed E-state index contributed by atoms with van der Waals surface area (Å²) in [5, 5.41) is 2.81. The number of benzene rings is 1. The Labute approximate surface area is 152 Å². The van der Waals surface area contributed by atoms with E-state index in [9.17, 15) is 4.79 Å². The number of carbonyl (C=O) groups is 1. The first-order valence-electron chi connectivity index (χ1n) is 8.54. The van der Waals surface area contributed by atoms with Crippen LogP contribution in [-0.2, 0) is 0 Å². The number of carbonyl (C=O) groups excluding carboxylic acids is 1. The van der Waals surface area contributed by atoms with Crippen molar-refractivity contribution in [1.29, 1.82) is 0 Å². The molecule has 0 atom stereocenters. The zero-order valence-corrected chi connectivity index (χ0v) is 15.2. The minimum atomic E-state index is -0.224. The lowest BCUT2D eigenvalue weighted by atomic mass is 10.1. The second kappa shape index (κ2) is 7.78. The van der Waals surface area contributed by atoms with Crippen LogP contribution in [0, 0.1) is 0 Å². The van der Waals surface area contributed by atoms with Crippen LogP contribution in [0.5, 0.6) is 0 Å². The molecule has 0 saturated carbocycles. The van der Waals surface area contributed by atoms with Crippen molar-refractivity contribution in [3.05, 3.63) is 71.2 Å². The van der Waals surface area contributed by atoms with Gasteiger partial charge in [-0.25, -0.2) is 9.97 Å². The second-order valence-electron chi connectivity index (χ2n) is 6.47. The molecule has 0 radical (unpaired) electrons. The molecule has 5 heteroatoms. The number of hydrogen-bond acceptors (Lipinski definition) is 3. The number of allylic oxidation sites excluding steroid dienone is 3. The van der Waals surface area contributed by atoms with E-state index >= 15 is 0 Å². The number of aromatic amines is 1. The minimum absolute atomic E-state index is 0.224. The maximum Gasteiger partial charge on any atom is 0.259 e. The molecule has 1 aromatic carbocycles. The Kier molecular flexibility index (Phi) is 5.27. The van der Waals surface area contributed by atoms with Crippen LogP contribution in [-0.4, -0.2) is 20.9 Å². The van der Waals surface area contributed by atoms with Gasteiger partial charge in [-0.2, -0.15) is 0 Å². The third-order valence-electron chi connectivity index (χ3n) is 3.90. The molecular weight excluding hydrogens is 324 g/mol. The lowest BCUT2D eigenvalue weighted by Crippen LogP contribution is -2.13. The van der Waals surface area contributed by atoms with Crippen LogP contribution in [0.25, 0.3) is 17.1 Å². The van der Waals surface area contributed by atoms with E-state index in [1.807, 2.05) is 24.3 Å². The number of para-hydroxylation sites is 1. The number of aromatic nitrogens is 3. The Morgan fingerprint density at radius 3 is 2.73 bits per heavy atom. The van der Waals surface area contributed by atoms with Crippen molar-refractivity contribution in [1.82, 2.24) is 15.0 Å². The summed E-state index contributed by atoms with van der Waals surface area (Å²) in [5.41, 5.74) is 4.49. The van der Waals surface area contributed by atoms with E-state index in [2.05, 4.69) is 47.1 Å². The highest BCUT2D eigenvalue weighted by Gasteiger charge is 2.13. The highest BCUT2D eigenvalue weighted by molar-refractivity contribution is 6.11. The van der Waals surface area contributed by atoms with Gasteiger partial charge in [-0.3, -0.25) is 4.79 Å². The van der Waals surface area contributed by atoms with Crippen molar-refractivity contribution in [3.63, 3.8) is 0 Å². The molecule has 0 saturated heterocycles. The average Bonchev–Trinajstić information content (AvgIpc) is 3.03. The van der Waals surface area contributed by atoms with Gasteiger partial charge in [0.15, 0.2) is 0 Å². The van der Waals surface area contributed by atoms with Crippen LogP contribution in [0.1, 0.15) is 43.4 Å². The fraction of sp³-hybridized carbons (Fsp3) is 0.190. The smallest absolute Gasteiger partial charge is 0.259 e. The van der Waals surface area contributed by atoms with E-state index in [1.54, 1.807) is 24.4 Å². The number of rotatable bonds is 5. The maximum atomic E-state index is 12.6. The Morgan fingerprint density at radius 1 is 1.15 bits per heavy atom. The van der Waals surface area contributed by atoms with E-state index in [1.165, 1.54) is 11.1 Å². The summed E-state index contributed by atoms with van der Waals surface area (Å²) in [6, 6.07) is 10.9. The Bertz CT molecular complexity index is 980. The summed E-state index contributed by atoms with van der Waals surface area (Å²) in [4.78, 5) is 24.6. The molecule has 0 bridgehead atoms. The number of pyridine rings is 1. The van der Waals surface area contributed by atoms with Gasteiger partial charge in [0.1, 0.15) is 17.2 Å². The molecule has 132 valence electrons. The fourth-order valence-electron chi connectivity index (χ4n) is 2.58. The Morgan fingerprint density at radius 2 is 2.00 bits per heavy atom. The van der Waals surface area contributed by atoms with E-state index in [0.717, 1.165) is 17.8 Å². The highest BCUT2D eigenvalue weighted by Crippen LogP contribution is 2.19. The molecule has 1 amide bonds. The molecule has 0 fully saturated rings. The van der Waals surface area contributed by atoms with Crippen LogP contribution < -0.4 is 5.32 Å². The Hall–Kier alpha value is -3.21. The van der Waals surface area contributed by atoms with E-state index in [-0.39, 0.29) is 5.91 Å². The number of fused-ring (bicyclic) bond motifs is 1. The third kappa shape index (κ3) is 4.25.